The standard InChI is InChI=1S/C4H4N2O2/c1-2-3(7)6-4(8)5-2/h1-2H,(H2,5,6,7,8). The minimum Gasteiger partial charge on any atom is -0.326 e. The second-order valence-electron chi connectivity index (χ2n) is 1.44. The number of nitrogens with one attached hydrogen (secondary N) is 2. The second-order valence-corrected chi connectivity index (χ2v) is 1.44. The van der Waals surface area contributed by atoms with E-state index in [1.807, 2.05) is 5.32 Å². The van der Waals surface area contributed by atoms with Crippen molar-refractivity contribution in [3.63, 3.8) is 0 Å². The third-order valence-electron chi connectivity index (χ3n) is 0.806. The van der Waals surface area contributed by atoms with Crippen LogP contribution in [0.3, 0.4) is 0 Å². The average molecular weight is 112 g/mol. The Bertz CT molecular complexity index is 143. The number of hydrogen-bond donors (Lipinski definition) is 2. The van der Waals surface area contributed by atoms with Crippen LogP contribution in [0.5, 0.6) is 0 Å². The number of imide groups is 1. The summed E-state index contributed by atoms with van der Waals surface area (Å²) in [6.07, 6.45) is 0. The highest BCUT2D eigenvalue weighted by Crippen LogP contribution is 1.87. The summed E-state index contributed by atoms with van der Waals surface area (Å²) >= 11 is 0. The highest BCUT2D eigenvalue weighted by atomic mass is 16.2. The van der Waals surface area contributed by atoms with Crippen LogP contribution in [0.25, 0.3) is 0 Å². The molecule has 3 amide bonds. The summed E-state index contributed by atoms with van der Waals surface area (Å²) in [6.45, 7) is 5.02. The Morgan fingerprint density at radius 2 is 2.12 bits per heavy atom. The van der Waals surface area contributed by atoms with E-state index >= 15 is 0 Å². The Labute approximate surface area is 46.3 Å². The lowest BCUT2D eigenvalue weighted by molar-refractivity contribution is -0.119. The third kappa shape index (κ3) is 0.641. The van der Waals surface area contributed by atoms with Crippen molar-refractivity contribution in [2.24, 2.45) is 0 Å². The molecule has 1 fully saturated rings. The summed E-state index contributed by atoms with van der Waals surface area (Å²) in [5, 5.41) is 4.10. The van der Waals surface area contributed by atoms with Gasteiger partial charge in [-0.25, -0.2) is 4.79 Å². The molecule has 1 aliphatic rings. The summed E-state index contributed by atoms with van der Waals surface area (Å²) in [4.78, 5) is 20.4. The third-order valence-corrected chi connectivity index (χ3v) is 0.806. The van der Waals surface area contributed by atoms with E-state index in [0.29, 0.717) is 0 Å². The van der Waals surface area contributed by atoms with Gasteiger partial charge in [-0.1, -0.05) is 0 Å². The quantitative estimate of drug-likeness (QED) is 0.391. The molecular formula is C4H4N2O2. The molecular weight excluding hydrogens is 108 g/mol. The fourth-order valence-electron chi connectivity index (χ4n) is 0.433. The van der Waals surface area contributed by atoms with Gasteiger partial charge >= 0.3 is 6.03 Å². The molecule has 1 heterocycles. The summed E-state index contributed by atoms with van der Waals surface area (Å²) in [6, 6.07) is -1.38. The van der Waals surface area contributed by atoms with Gasteiger partial charge in [0.05, 0.1) is 0 Å². The molecule has 1 rings (SSSR count). The molecule has 1 unspecified atom stereocenters. The van der Waals surface area contributed by atoms with Crippen LogP contribution in [-0.2, 0) is 4.79 Å². The highest BCUT2D eigenvalue weighted by molar-refractivity contribution is 6.04. The first kappa shape index (κ1) is 5.08. The molecule has 0 saturated carbocycles. The van der Waals surface area contributed by atoms with Crippen LogP contribution in [0, 0.1) is 6.92 Å². The van der Waals surface area contributed by atoms with E-state index in [2.05, 4.69) is 5.32 Å². The fourth-order valence-corrected chi connectivity index (χ4v) is 0.433. The second kappa shape index (κ2) is 1.47. The van der Waals surface area contributed by atoms with E-state index in [4.69, 9.17) is 6.92 Å². The average Bonchev–Trinajstić information content (AvgIpc) is 1.85. The number of carbonyl (C=O) groups excluding carboxylic acids is 2. The Balaban J connectivity index is 2.64. The van der Waals surface area contributed by atoms with Gasteiger partial charge in [0.25, 0.3) is 5.91 Å². The number of hydrogen-bond acceptors (Lipinski definition) is 2. The SMILES string of the molecule is [CH]C1NC(=O)NC1=O. The summed E-state index contributed by atoms with van der Waals surface area (Å²) in [7, 11) is 0. The van der Waals surface area contributed by atoms with E-state index < -0.39 is 18.0 Å². The molecule has 1 aliphatic heterocycles. The smallest absolute Gasteiger partial charge is 0.322 e. The van der Waals surface area contributed by atoms with Gasteiger partial charge < -0.3 is 5.32 Å². The van der Waals surface area contributed by atoms with Gasteiger partial charge in [0.15, 0.2) is 0 Å². The summed E-state index contributed by atoms with van der Waals surface area (Å²) in [5.74, 6) is -0.477. The van der Waals surface area contributed by atoms with Crippen LogP contribution in [0.2, 0.25) is 0 Å². The minimum absolute atomic E-state index is 0.477. The molecule has 2 N–H and O–H groups in total. The van der Waals surface area contributed by atoms with Crippen molar-refractivity contribution in [3.8, 4) is 0 Å². The molecule has 4 nitrogen and oxygen atoms in total. The molecule has 1 atom stereocenters. The fraction of sp³-hybridized carbons (Fsp3) is 0.250. The number of urea groups is 1. The zero-order chi connectivity index (χ0) is 6.15. The maximum Gasteiger partial charge on any atom is 0.322 e. The topological polar surface area (TPSA) is 58.2 Å². The van der Waals surface area contributed by atoms with Crippen molar-refractivity contribution in [2.45, 2.75) is 6.04 Å². The van der Waals surface area contributed by atoms with Crippen molar-refractivity contribution >= 4 is 11.9 Å². The Hall–Kier alpha value is -1.06. The summed E-state index contributed by atoms with van der Waals surface area (Å²) in [5.41, 5.74) is 0. The van der Waals surface area contributed by atoms with Gasteiger partial charge in [-0.15, -0.1) is 0 Å². The molecule has 8 heavy (non-hydrogen) atoms. The van der Waals surface area contributed by atoms with Crippen LogP contribution < -0.4 is 10.6 Å². The first-order chi connectivity index (χ1) is 3.70. The molecule has 1 saturated heterocycles. The zero-order valence-corrected chi connectivity index (χ0v) is 3.97. The van der Waals surface area contributed by atoms with Gasteiger partial charge in [0.2, 0.25) is 0 Å². The van der Waals surface area contributed by atoms with Gasteiger partial charge in [-0.05, 0) is 6.92 Å². The lowest BCUT2D eigenvalue weighted by Gasteiger charge is -1.90. The Morgan fingerprint density at radius 1 is 1.50 bits per heavy atom. The van der Waals surface area contributed by atoms with Crippen LogP contribution >= 0.6 is 0 Å². The van der Waals surface area contributed by atoms with Crippen molar-refractivity contribution < 1.29 is 9.59 Å². The lowest BCUT2D eigenvalue weighted by Crippen LogP contribution is -2.24. The molecule has 0 aliphatic carbocycles. The first-order valence-electron chi connectivity index (χ1n) is 2.07. The Morgan fingerprint density at radius 3 is 2.25 bits per heavy atom. The molecule has 2 radical (unpaired) electrons. The van der Waals surface area contributed by atoms with Crippen molar-refractivity contribution in [2.75, 3.05) is 0 Å². The van der Waals surface area contributed by atoms with Gasteiger partial charge in [0, 0.05) is 0 Å². The molecule has 0 aromatic heterocycles. The molecule has 42 valence electrons. The van der Waals surface area contributed by atoms with E-state index in [1.165, 1.54) is 0 Å². The van der Waals surface area contributed by atoms with E-state index in [0.717, 1.165) is 0 Å². The summed E-state index contributed by atoms with van der Waals surface area (Å²) < 4.78 is 0. The predicted molar refractivity (Wildman–Crippen MR) is 24.8 cm³/mol. The van der Waals surface area contributed by atoms with Crippen molar-refractivity contribution in [1.82, 2.24) is 10.6 Å². The zero-order valence-electron chi connectivity index (χ0n) is 3.97. The highest BCUT2D eigenvalue weighted by Gasteiger charge is 2.24. The maximum absolute atomic E-state index is 10.3. The van der Waals surface area contributed by atoms with Gasteiger partial charge in [-0.3, -0.25) is 10.1 Å². The number of amides is 3. The lowest BCUT2D eigenvalue weighted by atomic mass is 10.4. The van der Waals surface area contributed by atoms with Crippen LogP contribution in [0.15, 0.2) is 0 Å². The number of rotatable bonds is 0. The van der Waals surface area contributed by atoms with E-state index in [1.54, 1.807) is 0 Å². The van der Waals surface area contributed by atoms with Gasteiger partial charge in [-0.2, -0.15) is 0 Å². The monoisotopic (exact) mass is 112 g/mol. The first-order valence-corrected chi connectivity index (χ1v) is 2.07. The van der Waals surface area contributed by atoms with Crippen molar-refractivity contribution in [3.05, 3.63) is 6.92 Å². The van der Waals surface area contributed by atoms with E-state index in [-0.39, 0.29) is 0 Å². The van der Waals surface area contributed by atoms with E-state index in [9.17, 15) is 9.59 Å². The molecule has 0 spiro atoms. The van der Waals surface area contributed by atoms with Crippen LogP contribution in [-0.4, -0.2) is 18.0 Å². The van der Waals surface area contributed by atoms with Crippen molar-refractivity contribution in [1.29, 1.82) is 0 Å². The molecule has 0 bridgehead atoms. The molecule has 0 aromatic carbocycles. The molecule has 0 aromatic rings. The minimum atomic E-state index is -0.859. The Kier molecular flexibility index (Phi) is 0.932. The maximum atomic E-state index is 10.3. The number of carbonyl (C=O) groups is 2. The molecule has 4 heteroatoms. The largest absolute Gasteiger partial charge is 0.326 e. The predicted octanol–water partition coefficient (Wildman–Crippen LogP) is -1.09. The normalized spacial score (nSPS) is 27.4. The van der Waals surface area contributed by atoms with Crippen LogP contribution in [0.1, 0.15) is 0 Å². The van der Waals surface area contributed by atoms with Crippen LogP contribution in [0.4, 0.5) is 4.79 Å². The van der Waals surface area contributed by atoms with Gasteiger partial charge in [0.1, 0.15) is 6.04 Å².